The van der Waals surface area contributed by atoms with Crippen LogP contribution in [0, 0.1) is 0 Å². The number of rotatable bonds is 10. The monoisotopic (exact) mass is 635 g/mol. The minimum Gasteiger partial charge on any atom is -0.478 e. The highest BCUT2D eigenvalue weighted by molar-refractivity contribution is 7.92. The van der Waals surface area contributed by atoms with E-state index < -0.39 is 16.0 Å². The molecule has 4 aromatic carbocycles. The largest absolute Gasteiger partial charge is 0.478 e. The van der Waals surface area contributed by atoms with Crippen LogP contribution in [0.3, 0.4) is 0 Å². The molecule has 0 amide bonds. The van der Waals surface area contributed by atoms with Gasteiger partial charge in [0, 0.05) is 29.7 Å². The zero-order valence-electron chi connectivity index (χ0n) is 23.2. The van der Waals surface area contributed by atoms with E-state index in [-0.39, 0.29) is 17.0 Å². The summed E-state index contributed by atoms with van der Waals surface area (Å²) < 4.78 is 33.9. The Morgan fingerprint density at radius 1 is 0.953 bits per heavy atom. The summed E-state index contributed by atoms with van der Waals surface area (Å²) >= 11 is 12.5. The normalized spacial score (nSPS) is 11.3. The molecule has 0 radical (unpaired) electrons. The number of carbonyl (C=O) groups is 1. The van der Waals surface area contributed by atoms with Gasteiger partial charge in [0.1, 0.15) is 11.6 Å². The van der Waals surface area contributed by atoms with Crippen LogP contribution in [0.2, 0.25) is 10.0 Å². The van der Waals surface area contributed by atoms with Gasteiger partial charge >= 0.3 is 5.97 Å². The summed E-state index contributed by atoms with van der Waals surface area (Å²) in [7, 11) is -3.66. The zero-order chi connectivity index (χ0) is 30.7. The van der Waals surface area contributed by atoms with Crippen LogP contribution in [0.5, 0.6) is 11.5 Å². The minimum absolute atomic E-state index is 0.0363. The first-order valence-corrected chi connectivity index (χ1v) is 15.9. The molecule has 11 heteroatoms. The third-order valence-corrected chi connectivity index (χ3v) is 7.80. The number of sulfonamides is 1. The van der Waals surface area contributed by atoms with Crippen LogP contribution in [-0.4, -0.2) is 35.3 Å². The van der Waals surface area contributed by atoms with Crippen molar-refractivity contribution >= 4 is 44.9 Å². The fourth-order valence-corrected chi connectivity index (χ4v) is 5.63. The molecule has 8 nitrogen and oxygen atoms in total. The number of halogens is 2. The van der Waals surface area contributed by atoms with Crippen LogP contribution in [0.25, 0.3) is 22.4 Å². The number of carboxylic acid groups (broad SMARTS) is 1. The van der Waals surface area contributed by atoms with E-state index in [0.717, 1.165) is 46.6 Å². The Bertz CT molecular complexity index is 1910. The first-order valence-electron chi connectivity index (χ1n) is 13.2. The summed E-state index contributed by atoms with van der Waals surface area (Å²) in [4.78, 5) is 16.2. The summed E-state index contributed by atoms with van der Waals surface area (Å²) in [5.41, 5.74) is 4.68. The summed E-state index contributed by atoms with van der Waals surface area (Å²) in [6, 6.07) is 24.9. The fraction of sp³-hybridized carbons (Fsp3) is 0.125. The van der Waals surface area contributed by atoms with E-state index in [1.165, 1.54) is 18.2 Å². The lowest BCUT2D eigenvalue weighted by Crippen LogP contribution is -2.11. The van der Waals surface area contributed by atoms with Gasteiger partial charge in [-0.3, -0.25) is 4.72 Å². The van der Waals surface area contributed by atoms with Crippen LogP contribution < -0.4 is 9.46 Å². The Labute approximate surface area is 259 Å². The van der Waals surface area contributed by atoms with Crippen molar-refractivity contribution in [1.82, 2.24) is 9.55 Å². The molecule has 0 spiro atoms. The molecule has 2 N–H and O–H groups in total. The average molecular weight is 637 g/mol. The maximum atomic E-state index is 11.8. The van der Waals surface area contributed by atoms with E-state index in [0.29, 0.717) is 22.2 Å². The number of benzene rings is 4. The number of aromatic nitrogens is 2. The van der Waals surface area contributed by atoms with Crippen molar-refractivity contribution in [2.45, 2.75) is 19.9 Å². The molecule has 0 fully saturated rings. The molecule has 220 valence electrons. The first kappa shape index (κ1) is 30.2. The number of aryl methyl sites for hydroxylation is 1. The highest BCUT2D eigenvalue weighted by atomic mass is 35.5. The van der Waals surface area contributed by atoms with Gasteiger partial charge in [0.05, 0.1) is 28.2 Å². The lowest BCUT2D eigenvalue weighted by atomic mass is 10.0. The molecule has 5 rings (SSSR count). The van der Waals surface area contributed by atoms with E-state index in [1.54, 1.807) is 24.3 Å². The van der Waals surface area contributed by atoms with Gasteiger partial charge in [-0.05, 0) is 72.1 Å². The molecule has 1 heterocycles. The highest BCUT2D eigenvalue weighted by Crippen LogP contribution is 2.33. The van der Waals surface area contributed by atoms with Gasteiger partial charge < -0.3 is 14.4 Å². The molecule has 1 aromatic heterocycles. The smallest absolute Gasteiger partial charge is 0.335 e. The Kier molecular flexibility index (Phi) is 8.77. The number of anilines is 1. The molecule has 0 aliphatic heterocycles. The molecule has 43 heavy (non-hydrogen) atoms. The molecule has 5 aromatic rings. The summed E-state index contributed by atoms with van der Waals surface area (Å²) in [5.74, 6) is 0.392. The van der Waals surface area contributed by atoms with Gasteiger partial charge in [-0.1, -0.05) is 59.6 Å². The second-order valence-corrected chi connectivity index (χ2v) is 12.4. The van der Waals surface area contributed by atoms with Gasteiger partial charge in [-0.25, -0.2) is 18.2 Å². The quantitative estimate of drug-likeness (QED) is 0.161. The molecular weight excluding hydrogens is 609 g/mol. The second kappa shape index (κ2) is 12.5. The Balaban J connectivity index is 1.31. The van der Waals surface area contributed by atoms with Gasteiger partial charge in [-0.15, -0.1) is 0 Å². The zero-order valence-corrected chi connectivity index (χ0v) is 25.5. The van der Waals surface area contributed by atoms with Crippen molar-refractivity contribution in [1.29, 1.82) is 0 Å². The summed E-state index contributed by atoms with van der Waals surface area (Å²) in [5, 5.41) is 10.4. The first-order chi connectivity index (χ1) is 20.5. The molecule has 0 aliphatic carbocycles. The van der Waals surface area contributed by atoms with Crippen molar-refractivity contribution in [3.8, 4) is 33.9 Å². The number of carboxylic acids is 1. The molecule has 0 aliphatic rings. The molecular formula is C32H27Cl2N3O5S. The van der Waals surface area contributed by atoms with Crippen molar-refractivity contribution < 1.29 is 23.1 Å². The number of aromatic carboxylic acids is 1. The summed E-state index contributed by atoms with van der Waals surface area (Å²) in [6.45, 7) is 2.85. The van der Waals surface area contributed by atoms with Crippen LogP contribution >= 0.6 is 23.2 Å². The van der Waals surface area contributed by atoms with Crippen LogP contribution in [0.1, 0.15) is 28.7 Å². The topological polar surface area (TPSA) is 111 Å². The van der Waals surface area contributed by atoms with Gasteiger partial charge in [-0.2, -0.15) is 0 Å². The SMILES string of the molecule is CCn1cc(-c2ccc(Cl)cc2Cl)nc1Cc1ccc(-c2ccc(Oc3ccc(C(=O)O)cc3NS(C)(=O)=O)cc2)cc1. The Morgan fingerprint density at radius 2 is 1.63 bits per heavy atom. The van der Waals surface area contributed by atoms with Crippen molar-refractivity contribution in [3.63, 3.8) is 0 Å². The average Bonchev–Trinajstić information content (AvgIpc) is 3.36. The molecule has 0 unspecified atom stereocenters. The predicted octanol–water partition coefficient (Wildman–Crippen LogP) is 8.00. The van der Waals surface area contributed by atoms with E-state index in [9.17, 15) is 18.3 Å². The Morgan fingerprint density at radius 3 is 2.23 bits per heavy atom. The van der Waals surface area contributed by atoms with E-state index >= 15 is 0 Å². The van der Waals surface area contributed by atoms with Crippen molar-refractivity contribution in [2.24, 2.45) is 0 Å². The van der Waals surface area contributed by atoms with Gasteiger partial charge in [0.25, 0.3) is 0 Å². The van der Waals surface area contributed by atoms with Crippen LogP contribution in [0.15, 0.2) is 91.1 Å². The van der Waals surface area contributed by atoms with Gasteiger partial charge in [0.15, 0.2) is 5.75 Å². The van der Waals surface area contributed by atoms with Gasteiger partial charge in [0.2, 0.25) is 10.0 Å². The third-order valence-electron chi connectivity index (χ3n) is 6.66. The summed E-state index contributed by atoms with van der Waals surface area (Å²) in [6.07, 6.45) is 3.64. The molecule has 0 saturated carbocycles. The number of hydrogen-bond acceptors (Lipinski definition) is 5. The van der Waals surface area contributed by atoms with Crippen molar-refractivity contribution in [2.75, 3.05) is 11.0 Å². The number of ether oxygens (including phenoxy) is 1. The highest BCUT2D eigenvalue weighted by Gasteiger charge is 2.15. The van der Waals surface area contributed by atoms with Crippen LogP contribution in [0.4, 0.5) is 5.69 Å². The molecule has 0 atom stereocenters. The maximum Gasteiger partial charge on any atom is 0.335 e. The molecule has 0 saturated heterocycles. The van der Waals surface area contributed by atoms with Crippen molar-refractivity contribution in [3.05, 3.63) is 118 Å². The van der Waals surface area contributed by atoms with E-state index in [1.807, 2.05) is 36.5 Å². The number of imidazole rings is 1. The molecule has 0 bridgehead atoms. The minimum atomic E-state index is -3.66. The third kappa shape index (κ3) is 7.37. The maximum absolute atomic E-state index is 11.8. The van der Waals surface area contributed by atoms with Crippen LogP contribution in [-0.2, 0) is 23.0 Å². The van der Waals surface area contributed by atoms with E-state index in [4.69, 9.17) is 32.9 Å². The standard InChI is InChI=1S/C32H27Cl2N3O5S/c1-3-37-19-29(26-14-11-24(33)18-27(26)34)35-31(37)16-20-4-6-21(7-5-20)22-8-12-25(13-9-22)42-30-15-10-23(32(38)39)17-28(30)36-43(2,40)41/h4-15,17-19,36H,3,16H2,1-2H3,(H,38,39). The number of hydrogen-bond donors (Lipinski definition) is 2. The Hall–Kier alpha value is -4.31. The number of nitrogens with zero attached hydrogens (tertiary/aromatic N) is 2. The lowest BCUT2D eigenvalue weighted by Gasteiger charge is -2.13. The lowest BCUT2D eigenvalue weighted by molar-refractivity contribution is 0.0697. The predicted molar refractivity (Wildman–Crippen MR) is 170 cm³/mol. The number of nitrogens with one attached hydrogen (secondary N) is 1. The fourth-order valence-electron chi connectivity index (χ4n) is 4.57. The second-order valence-electron chi connectivity index (χ2n) is 9.84. The van der Waals surface area contributed by atoms with E-state index in [2.05, 4.69) is 28.3 Å².